The molecule has 24 heavy (non-hydrogen) atoms. The van der Waals surface area contributed by atoms with Crippen LogP contribution in [-0.4, -0.2) is 37.1 Å². The van der Waals surface area contributed by atoms with Crippen molar-refractivity contribution in [3.8, 4) is 0 Å². The molecule has 1 aromatic heterocycles. The van der Waals surface area contributed by atoms with Gasteiger partial charge in [-0.05, 0) is 36.4 Å². The summed E-state index contributed by atoms with van der Waals surface area (Å²) in [6.45, 7) is 3.76. The predicted molar refractivity (Wildman–Crippen MR) is 99.0 cm³/mol. The third-order valence-electron chi connectivity index (χ3n) is 4.35. The van der Waals surface area contributed by atoms with E-state index in [0.29, 0.717) is 5.56 Å². The molecule has 0 bridgehead atoms. The van der Waals surface area contributed by atoms with Crippen LogP contribution in [0.2, 0.25) is 0 Å². The lowest BCUT2D eigenvalue weighted by molar-refractivity contribution is 0.100. The minimum Gasteiger partial charge on any atom is -0.368 e. The monoisotopic (exact) mass is 338 g/mol. The number of anilines is 2. The quantitative estimate of drug-likeness (QED) is 0.798. The van der Waals surface area contributed by atoms with Gasteiger partial charge in [-0.15, -0.1) is 0 Å². The summed E-state index contributed by atoms with van der Waals surface area (Å²) < 4.78 is 1.23. The summed E-state index contributed by atoms with van der Waals surface area (Å²) in [6, 6.07) is 15.8. The number of carbonyl (C=O) groups excluding carboxylic acids is 1. The molecule has 1 aliphatic rings. The molecular weight excluding hydrogens is 320 g/mol. The Morgan fingerprint density at radius 2 is 1.62 bits per heavy atom. The van der Waals surface area contributed by atoms with Gasteiger partial charge in [-0.2, -0.15) is 0 Å². The number of fused-ring (bicyclic) bond motifs is 1. The summed E-state index contributed by atoms with van der Waals surface area (Å²) in [5, 5.41) is 1.10. The molecule has 1 fully saturated rings. The van der Waals surface area contributed by atoms with E-state index in [9.17, 15) is 4.79 Å². The molecule has 4 rings (SSSR count). The molecule has 0 saturated carbocycles. The Hall–Kier alpha value is -2.60. The van der Waals surface area contributed by atoms with Crippen LogP contribution in [0, 0.1) is 0 Å². The van der Waals surface area contributed by atoms with Gasteiger partial charge in [-0.25, -0.2) is 4.98 Å². The van der Waals surface area contributed by atoms with Crippen LogP contribution in [0.1, 0.15) is 10.4 Å². The zero-order valence-electron chi connectivity index (χ0n) is 13.2. The highest BCUT2D eigenvalue weighted by molar-refractivity contribution is 7.22. The maximum absolute atomic E-state index is 11.2. The number of carbonyl (C=O) groups is 1. The molecule has 1 saturated heterocycles. The van der Waals surface area contributed by atoms with E-state index in [1.54, 1.807) is 23.5 Å². The second-order valence-electron chi connectivity index (χ2n) is 5.85. The number of aromatic nitrogens is 1. The van der Waals surface area contributed by atoms with E-state index in [2.05, 4.69) is 28.0 Å². The van der Waals surface area contributed by atoms with Crippen molar-refractivity contribution in [1.29, 1.82) is 0 Å². The Morgan fingerprint density at radius 1 is 0.958 bits per heavy atom. The summed E-state index contributed by atoms with van der Waals surface area (Å²) >= 11 is 1.75. The number of rotatable bonds is 3. The molecule has 3 aromatic rings. The molecule has 2 heterocycles. The Morgan fingerprint density at radius 3 is 2.29 bits per heavy atom. The molecule has 122 valence electrons. The largest absolute Gasteiger partial charge is 0.368 e. The van der Waals surface area contributed by atoms with Gasteiger partial charge in [0.1, 0.15) is 0 Å². The SMILES string of the molecule is NC(=O)c1ccc(N2CCN(c3nc4ccccc4s3)CC2)cc1. The summed E-state index contributed by atoms with van der Waals surface area (Å²) in [6.07, 6.45) is 0. The number of benzene rings is 2. The normalized spacial score (nSPS) is 15.0. The maximum atomic E-state index is 11.2. The molecular formula is C18H18N4OS. The lowest BCUT2D eigenvalue weighted by Gasteiger charge is -2.36. The van der Waals surface area contributed by atoms with E-state index in [0.717, 1.165) is 42.5 Å². The second-order valence-corrected chi connectivity index (χ2v) is 6.86. The van der Waals surface area contributed by atoms with Crippen LogP contribution < -0.4 is 15.5 Å². The second kappa shape index (κ2) is 6.13. The number of amides is 1. The Balaban J connectivity index is 1.45. The average molecular weight is 338 g/mol. The van der Waals surface area contributed by atoms with Gasteiger partial charge in [-0.1, -0.05) is 23.5 Å². The van der Waals surface area contributed by atoms with Gasteiger partial charge >= 0.3 is 0 Å². The number of nitrogens with two attached hydrogens (primary N) is 1. The molecule has 2 aromatic carbocycles. The molecule has 0 spiro atoms. The molecule has 0 radical (unpaired) electrons. The highest BCUT2D eigenvalue weighted by Crippen LogP contribution is 2.29. The van der Waals surface area contributed by atoms with Crippen molar-refractivity contribution >= 4 is 38.3 Å². The smallest absolute Gasteiger partial charge is 0.248 e. The highest BCUT2D eigenvalue weighted by atomic mass is 32.1. The number of piperazine rings is 1. The van der Waals surface area contributed by atoms with Crippen LogP contribution in [0.5, 0.6) is 0 Å². The van der Waals surface area contributed by atoms with E-state index in [-0.39, 0.29) is 5.91 Å². The molecule has 0 unspecified atom stereocenters. The molecule has 0 atom stereocenters. The highest BCUT2D eigenvalue weighted by Gasteiger charge is 2.20. The van der Waals surface area contributed by atoms with Crippen LogP contribution >= 0.6 is 11.3 Å². The number of primary amides is 1. The number of hydrogen-bond donors (Lipinski definition) is 1. The zero-order valence-corrected chi connectivity index (χ0v) is 14.0. The molecule has 1 aliphatic heterocycles. The predicted octanol–water partition coefficient (Wildman–Crippen LogP) is 2.72. The van der Waals surface area contributed by atoms with Gasteiger partial charge < -0.3 is 15.5 Å². The number of hydrogen-bond acceptors (Lipinski definition) is 5. The fourth-order valence-corrected chi connectivity index (χ4v) is 4.00. The Labute approximate surface area is 144 Å². The third kappa shape index (κ3) is 2.80. The van der Waals surface area contributed by atoms with Crippen LogP contribution in [0.15, 0.2) is 48.5 Å². The first kappa shape index (κ1) is 15.0. The summed E-state index contributed by atoms with van der Waals surface area (Å²) in [7, 11) is 0. The van der Waals surface area contributed by atoms with Crippen molar-refractivity contribution in [2.75, 3.05) is 36.0 Å². The fraction of sp³-hybridized carbons (Fsp3) is 0.222. The van der Waals surface area contributed by atoms with Gasteiger partial charge in [0.15, 0.2) is 5.13 Å². The van der Waals surface area contributed by atoms with Crippen molar-refractivity contribution in [3.05, 3.63) is 54.1 Å². The summed E-state index contributed by atoms with van der Waals surface area (Å²) in [5.74, 6) is -0.387. The van der Waals surface area contributed by atoms with E-state index >= 15 is 0 Å². The molecule has 2 N–H and O–H groups in total. The molecule has 1 amide bonds. The summed E-state index contributed by atoms with van der Waals surface area (Å²) in [4.78, 5) is 20.6. The van der Waals surface area contributed by atoms with E-state index in [4.69, 9.17) is 10.7 Å². The van der Waals surface area contributed by atoms with Crippen molar-refractivity contribution in [3.63, 3.8) is 0 Å². The van der Waals surface area contributed by atoms with Crippen molar-refractivity contribution < 1.29 is 4.79 Å². The van der Waals surface area contributed by atoms with Crippen LogP contribution in [0.3, 0.4) is 0 Å². The average Bonchev–Trinajstić information content (AvgIpc) is 3.06. The molecule has 5 nitrogen and oxygen atoms in total. The lowest BCUT2D eigenvalue weighted by Crippen LogP contribution is -2.46. The van der Waals surface area contributed by atoms with E-state index < -0.39 is 0 Å². The van der Waals surface area contributed by atoms with Crippen molar-refractivity contribution in [2.45, 2.75) is 0 Å². The van der Waals surface area contributed by atoms with Gasteiger partial charge in [0.25, 0.3) is 0 Å². The number of thiazole rings is 1. The number of nitrogens with zero attached hydrogens (tertiary/aromatic N) is 3. The Bertz CT molecular complexity index is 833. The minimum absolute atomic E-state index is 0.387. The first-order valence-electron chi connectivity index (χ1n) is 7.96. The van der Waals surface area contributed by atoms with Crippen LogP contribution in [0.25, 0.3) is 10.2 Å². The fourth-order valence-electron chi connectivity index (χ4n) is 2.99. The Kier molecular flexibility index (Phi) is 3.82. The molecule has 0 aliphatic carbocycles. The standard InChI is InChI=1S/C18H18N4OS/c19-17(23)13-5-7-14(8-6-13)21-9-11-22(12-10-21)18-20-15-3-1-2-4-16(15)24-18/h1-8H,9-12H2,(H2,19,23). The van der Waals surface area contributed by atoms with E-state index in [1.807, 2.05) is 18.2 Å². The summed E-state index contributed by atoms with van der Waals surface area (Å²) in [5.41, 5.74) is 8.04. The van der Waals surface area contributed by atoms with Gasteiger partial charge in [-0.3, -0.25) is 4.79 Å². The van der Waals surface area contributed by atoms with E-state index in [1.165, 1.54) is 4.70 Å². The minimum atomic E-state index is -0.387. The zero-order chi connectivity index (χ0) is 16.5. The van der Waals surface area contributed by atoms with Gasteiger partial charge in [0.2, 0.25) is 5.91 Å². The van der Waals surface area contributed by atoms with Crippen LogP contribution in [-0.2, 0) is 0 Å². The molecule has 6 heteroatoms. The van der Waals surface area contributed by atoms with Crippen LogP contribution in [0.4, 0.5) is 10.8 Å². The van der Waals surface area contributed by atoms with Crippen molar-refractivity contribution in [2.24, 2.45) is 5.73 Å². The van der Waals surface area contributed by atoms with Gasteiger partial charge in [0, 0.05) is 37.4 Å². The number of para-hydroxylation sites is 1. The van der Waals surface area contributed by atoms with Crippen molar-refractivity contribution in [1.82, 2.24) is 4.98 Å². The first-order valence-corrected chi connectivity index (χ1v) is 8.78. The third-order valence-corrected chi connectivity index (χ3v) is 5.45. The maximum Gasteiger partial charge on any atom is 0.248 e. The van der Waals surface area contributed by atoms with Gasteiger partial charge in [0.05, 0.1) is 10.2 Å². The topological polar surface area (TPSA) is 62.5 Å². The first-order chi connectivity index (χ1) is 11.7. The lowest BCUT2D eigenvalue weighted by atomic mass is 10.1.